The molecule has 7 rings (SSSR count). The Balaban J connectivity index is 0.846. The lowest BCUT2D eigenvalue weighted by atomic mass is 9.76. The second-order valence-corrected chi connectivity index (χ2v) is 19.7. The number of nitrogen functional groups attached to an aromatic ring is 1. The van der Waals surface area contributed by atoms with Crippen molar-refractivity contribution in [2.24, 2.45) is 11.3 Å². The third-order valence-electron chi connectivity index (χ3n) is 12.5. The van der Waals surface area contributed by atoms with Gasteiger partial charge in [0.05, 0.1) is 39.2 Å². The average molecular weight is 961 g/mol. The van der Waals surface area contributed by atoms with Crippen LogP contribution in [0.2, 0.25) is 5.02 Å². The van der Waals surface area contributed by atoms with Gasteiger partial charge in [-0.3, -0.25) is 19.2 Å². The molecule has 2 fully saturated rings. The van der Waals surface area contributed by atoms with Crippen LogP contribution >= 0.6 is 22.9 Å². The Morgan fingerprint density at radius 3 is 2.43 bits per heavy atom. The minimum absolute atomic E-state index is 0.00972. The molecule has 2 aliphatic heterocycles. The Labute approximate surface area is 397 Å². The lowest BCUT2D eigenvalue weighted by Crippen LogP contribution is -2.50. The zero-order valence-electron chi connectivity index (χ0n) is 37.9. The van der Waals surface area contributed by atoms with Gasteiger partial charge in [-0.05, 0) is 60.1 Å². The molecule has 7 N–H and O–H groups in total. The lowest BCUT2D eigenvalue weighted by Gasteiger charge is -2.34. The molecular weight excluding hydrogens is 902 g/mol. The Kier molecular flexibility index (Phi) is 15.8. The number of aliphatic hydroxyl groups is 4. The number of ether oxygens (including phenoxy) is 2. The Bertz CT molecular complexity index is 2560. The van der Waals surface area contributed by atoms with Gasteiger partial charge in [-0.2, -0.15) is 0 Å². The van der Waals surface area contributed by atoms with Gasteiger partial charge in [0.25, 0.3) is 0 Å². The molecule has 0 spiro atoms. The van der Waals surface area contributed by atoms with E-state index in [4.69, 9.17) is 26.8 Å². The van der Waals surface area contributed by atoms with Crippen molar-refractivity contribution >= 4 is 63.2 Å². The summed E-state index contributed by atoms with van der Waals surface area (Å²) in [5, 5.41) is 47.4. The first-order valence-corrected chi connectivity index (χ1v) is 23.6. The van der Waals surface area contributed by atoms with E-state index in [1.807, 2.05) is 52.0 Å². The molecule has 5 heterocycles. The van der Waals surface area contributed by atoms with E-state index in [1.165, 1.54) is 27.9 Å². The van der Waals surface area contributed by atoms with Crippen LogP contribution < -0.4 is 15.8 Å². The predicted octanol–water partition coefficient (Wildman–Crippen LogP) is 5.25. The first kappa shape index (κ1) is 49.6. The molecule has 0 aliphatic carbocycles. The Hall–Kier alpha value is -5.34. The highest BCUT2D eigenvalue weighted by atomic mass is 35.5. The second kappa shape index (κ2) is 21.3. The molecule has 5 aromatic rings. The minimum atomic E-state index is -1.46. The van der Waals surface area contributed by atoms with Crippen LogP contribution in [0.15, 0.2) is 66.6 Å². The number of thiazole rings is 1. The number of amides is 2. The largest absolute Gasteiger partial charge is 0.492 e. The van der Waals surface area contributed by atoms with E-state index in [0.29, 0.717) is 29.4 Å². The molecule has 2 aromatic carbocycles. The molecule has 2 amide bonds. The topological polar surface area (TPSA) is 253 Å². The molecular formula is C48H58ClN7O10S. The number of Topliss-reactive ketones (excluding diaryl/α,β-unsaturated/α-hetero) is 2. The van der Waals surface area contributed by atoms with Gasteiger partial charge < -0.3 is 50.4 Å². The van der Waals surface area contributed by atoms with E-state index in [1.54, 1.807) is 35.2 Å². The summed E-state index contributed by atoms with van der Waals surface area (Å²) >= 11 is 7.97. The maximum atomic E-state index is 14.1. The quantitative estimate of drug-likeness (QED) is 0.0579. The summed E-state index contributed by atoms with van der Waals surface area (Å²) in [6.07, 6.45) is -3.40. The summed E-state index contributed by atoms with van der Waals surface area (Å²) in [6, 6.07) is 13.2. The summed E-state index contributed by atoms with van der Waals surface area (Å²) in [5.41, 5.74) is 10.7. The number of nitrogens with zero attached hydrogens (tertiary/aromatic N) is 5. The molecule has 2 aliphatic rings. The third kappa shape index (κ3) is 11.5. The van der Waals surface area contributed by atoms with Crippen molar-refractivity contribution < 1.29 is 49.1 Å². The number of rotatable bonds is 19. The number of hydrogen-bond donors (Lipinski definition) is 6. The van der Waals surface area contributed by atoms with Crippen LogP contribution in [0.5, 0.6) is 5.75 Å². The van der Waals surface area contributed by atoms with E-state index in [9.17, 15) is 39.6 Å². The summed E-state index contributed by atoms with van der Waals surface area (Å²) in [4.78, 5) is 68.7. The molecule has 0 unspecified atom stereocenters. The Morgan fingerprint density at radius 2 is 1.72 bits per heavy atom. The number of aliphatic hydroxyl groups excluding tert-OH is 4. The normalized spacial score (nSPS) is 21.7. The molecule has 2 saturated heterocycles. The van der Waals surface area contributed by atoms with E-state index in [2.05, 4.69) is 20.3 Å². The summed E-state index contributed by atoms with van der Waals surface area (Å²) in [5.74, 6) is -1.23. The molecule has 0 bridgehead atoms. The van der Waals surface area contributed by atoms with Crippen LogP contribution in [-0.2, 0) is 30.5 Å². The highest BCUT2D eigenvalue weighted by molar-refractivity contribution is 7.13. The number of aromatic nitrogens is 4. The van der Waals surface area contributed by atoms with Crippen LogP contribution in [0.1, 0.15) is 94.9 Å². The summed E-state index contributed by atoms with van der Waals surface area (Å²) in [7, 11) is 0. The van der Waals surface area contributed by atoms with E-state index < -0.39 is 54.1 Å². The van der Waals surface area contributed by atoms with Crippen molar-refractivity contribution in [3.8, 4) is 16.2 Å². The summed E-state index contributed by atoms with van der Waals surface area (Å²) in [6.45, 7) is 7.92. The molecule has 8 atom stereocenters. The number of halogens is 1. The van der Waals surface area contributed by atoms with Crippen LogP contribution in [0.4, 0.5) is 5.82 Å². The van der Waals surface area contributed by atoms with Crippen LogP contribution in [-0.4, -0.2) is 112 Å². The zero-order valence-corrected chi connectivity index (χ0v) is 39.5. The van der Waals surface area contributed by atoms with Gasteiger partial charge in [0.1, 0.15) is 65.6 Å². The SMILES string of the molecule is Cc1ncsc1-c1ccc(CNC(=O)[C@@H]2C[C@@H](O)CN2C(=O)[C@@H](CC(=O)CCCC(=O)CCCOc2cc([C@@H](O)[C@H]3O[C@@H](n4ccc5c(N)ncnc54)[C@H](O)[C@@H]3O)ccc2Cl)C(C)(C)C)cc1. The number of likely N-dealkylation sites (tertiary alicyclic amines) is 1. The number of fused-ring (bicyclic) bond motifs is 1. The fraction of sp³-hybridized carbons (Fsp3) is 0.479. The van der Waals surface area contributed by atoms with Gasteiger partial charge in [0.2, 0.25) is 11.8 Å². The maximum Gasteiger partial charge on any atom is 0.243 e. The van der Waals surface area contributed by atoms with Gasteiger partial charge in [-0.15, -0.1) is 11.3 Å². The van der Waals surface area contributed by atoms with Crippen LogP contribution in [0.3, 0.4) is 0 Å². The number of aryl methyl sites for hydroxylation is 1. The molecule has 67 heavy (non-hydrogen) atoms. The number of carbonyl (C=O) groups is 4. The number of nitrogens with two attached hydrogens (primary N) is 1. The highest BCUT2D eigenvalue weighted by Gasteiger charge is 2.48. The monoisotopic (exact) mass is 959 g/mol. The van der Waals surface area contributed by atoms with Crippen molar-refractivity contribution in [1.82, 2.24) is 29.7 Å². The van der Waals surface area contributed by atoms with Crippen LogP contribution in [0.25, 0.3) is 21.5 Å². The average Bonchev–Trinajstić information content (AvgIpc) is 4.09. The molecule has 3 aromatic heterocycles. The van der Waals surface area contributed by atoms with Gasteiger partial charge >= 0.3 is 0 Å². The van der Waals surface area contributed by atoms with Crippen LogP contribution in [0, 0.1) is 18.3 Å². The van der Waals surface area contributed by atoms with Crippen molar-refractivity contribution in [1.29, 1.82) is 0 Å². The van der Waals surface area contributed by atoms with Crippen molar-refractivity contribution in [2.75, 3.05) is 18.9 Å². The van der Waals surface area contributed by atoms with E-state index in [-0.39, 0.29) is 91.8 Å². The molecule has 19 heteroatoms. The summed E-state index contributed by atoms with van der Waals surface area (Å²) < 4.78 is 13.4. The third-order valence-corrected chi connectivity index (χ3v) is 13.8. The van der Waals surface area contributed by atoms with Gasteiger partial charge in [0, 0.05) is 57.3 Å². The number of β-amino-alcohol motifs (C(OH)–C–C–N with tert-alkyl or cyclic N) is 1. The zero-order chi connectivity index (χ0) is 48.2. The molecule has 358 valence electrons. The standard InChI is InChI=1S/C48H58ClN7O10S/c1-26-42(67-25-54-26)28-12-10-27(11-13-28)22-51-45(63)36-21-32(59)23-56(36)46(64)34(48(2,3)4)20-31(58)8-5-7-30(57)9-6-18-65-37-19-29(14-15-35(37)49)38(60)41-39(61)40(62)47(66-41)55-17-16-33-43(50)52-24-53-44(33)55/h10-17,19,24-25,32,34,36,38-41,47,59-62H,5-9,18,20-23H2,1-4H3,(H,51,63)(H2,50,52,53)/t32-,34-,36+,38-,39+,40-,41-,47-/m1/s1. The fourth-order valence-electron chi connectivity index (χ4n) is 8.70. The molecule has 0 saturated carbocycles. The first-order chi connectivity index (χ1) is 31.9. The minimum Gasteiger partial charge on any atom is -0.492 e. The predicted molar refractivity (Wildman–Crippen MR) is 251 cm³/mol. The van der Waals surface area contributed by atoms with Gasteiger partial charge in [-0.25, -0.2) is 15.0 Å². The fourth-order valence-corrected chi connectivity index (χ4v) is 9.68. The number of ketones is 2. The molecule has 0 radical (unpaired) electrons. The number of anilines is 1. The van der Waals surface area contributed by atoms with Crippen molar-refractivity contribution in [2.45, 2.75) is 122 Å². The maximum absolute atomic E-state index is 14.1. The highest BCUT2D eigenvalue weighted by Crippen LogP contribution is 2.40. The van der Waals surface area contributed by atoms with Crippen molar-refractivity contribution in [3.05, 3.63) is 88.4 Å². The smallest absolute Gasteiger partial charge is 0.243 e. The van der Waals surface area contributed by atoms with Gasteiger partial charge in [-0.1, -0.05) is 62.7 Å². The van der Waals surface area contributed by atoms with E-state index in [0.717, 1.165) is 21.7 Å². The number of nitrogens with one attached hydrogen (secondary N) is 1. The number of benzene rings is 2. The lowest BCUT2D eigenvalue weighted by molar-refractivity contribution is -0.146. The number of hydrogen-bond acceptors (Lipinski definition) is 15. The number of carbonyl (C=O) groups excluding carboxylic acids is 4. The Morgan fingerprint density at radius 1 is 0.985 bits per heavy atom. The van der Waals surface area contributed by atoms with E-state index >= 15 is 0 Å². The van der Waals surface area contributed by atoms with Crippen molar-refractivity contribution in [3.63, 3.8) is 0 Å². The second-order valence-electron chi connectivity index (χ2n) is 18.4. The first-order valence-electron chi connectivity index (χ1n) is 22.4. The molecule has 17 nitrogen and oxygen atoms in total. The van der Waals surface area contributed by atoms with Gasteiger partial charge in [0.15, 0.2) is 6.23 Å².